The molecule has 0 amide bonds. The van der Waals surface area contributed by atoms with Gasteiger partial charge in [0.25, 0.3) is 0 Å². The molecule has 1 aromatic heterocycles. The molecule has 134 valence electrons. The van der Waals surface area contributed by atoms with Crippen LogP contribution < -0.4 is 14.8 Å². The van der Waals surface area contributed by atoms with E-state index in [1.807, 2.05) is 6.07 Å². The van der Waals surface area contributed by atoms with Crippen molar-refractivity contribution in [2.24, 2.45) is 0 Å². The lowest BCUT2D eigenvalue weighted by Gasteiger charge is -2.21. The number of likely N-dealkylation sites (tertiary alicyclic amines) is 1. The highest BCUT2D eigenvalue weighted by molar-refractivity contribution is 5.96. The highest BCUT2D eigenvalue weighted by atomic mass is 16.5. The van der Waals surface area contributed by atoms with Crippen LogP contribution in [-0.2, 0) is 12.8 Å². The monoisotopic (exact) mass is 341 g/mol. The molecule has 2 aliphatic rings. The van der Waals surface area contributed by atoms with Crippen LogP contribution in [0, 0.1) is 0 Å². The number of pyridine rings is 1. The third kappa shape index (κ3) is 2.91. The second kappa shape index (κ2) is 6.71. The molecule has 1 atom stereocenters. The molecule has 0 bridgehead atoms. The van der Waals surface area contributed by atoms with Crippen molar-refractivity contribution < 1.29 is 9.47 Å². The van der Waals surface area contributed by atoms with Gasteiger partial charge in [0.05, 0.1) is 19.7 Å². The lowest BCUT2D eigenvalue weighted by Crippen LogP contribution is -2.26. The molecule has 25 heavy (non-hydrogen) atoms. The number of likely N-dealkylation sites (N-methyl/N-ethyl adjacent to an activating group) is 1. The number of benzene rings is 1. The van der Waals surface area contributed by atoms with Gasteiger partial charge in [-0.2, -0.15) is 0 Å². The van der Waals surface area contributed by atoms with Gasteiger partial charge in [-0.15, -0.1) is 0 Å². The van der Waals surface area contributed by atoms with E-state index in [4.69, 9.17) is 14.5 Å². The molecule has 1 aliphatic carbocycles. The zero-order valence-corrected chi connectivity index (χ0v) is 15.4. The van der Waals surface area contributed by atoms with E-state index in [1.54, 1.807) is 14.2 Å². The minimum Gasteiger partial charge on any atom is -0.493 e. The number of rotatable bonds is 5. The molecule has 1 saturated heterocycles. The molecule has 5 heteroatoms. The minimum atomic E-state index is 0.503. The molecule has 5 nitrogen and oxygen atoms in total. The molecule has 1 aromatic carbocycles. The van der Waals surface area contributed by atoms with Gasteiger partial charge in [0.2, 0.25) is 0 Å². The molecule has 0 unspecified atom stereocenters. The first-order valence-electron chi connectivity index (χ1n) is 9.29. The van der Waals surface area contributed by atoms with Crippen molar-refractivity contribution >= 4 is 16.6 Å². The van der Waals surface area contributed by atoms with Crippen LogP contribution in [-0.4, -0.2) is 49.8 Å². The Morgan fingerprint density at radius 1 is 1.20 bits per heavy atom. The van der Waals surface area contributed by atoms with Gasteiger partial charge in [-0.05, 0) is 43.9 Å². The zero-order chi connectivity index (χ0) is 17.4. The summed E-state index contributed by atoms with van der Waals surface area (Å²) in [7, 11) is 3.36. The Kier molecular flexibility index (Phi) is 4.42. The highest BCUT2D eigenvalue weighted by Gasteiger charge is 2.26. The summed E-state index contributed by atoms with van der Waals surface area (Å²) in [5.74, 6) is 1.50. The molecule has 0 saturated carbocycles. The predicted molar refractivity (Wildman–Crippen MR) is 101 cm³/mol. The number of methoxy groups -OCH3 is 2. The predicted octanol–water partition coefficient (Wildman–Crippen LogP) is 3.25. The van der Waals surface area contributed by atoms with Crippen molar-refractivity contribution in [3.05, 3.63) is 23.4 Å². The fraction of sp³-hybridized carbons (Fsp3) is 0.550. The van der Waals surface area contributed by atoms with Gasteiger partial charge in [-0.25, -0.2) is 0 Å². The van der Waals surface area contributed by atoms with E-state index in [9.17, 15) is 0 Å². The third-order valence-electron chi connectivity index (χ3n) is 5.59. The zero-order valence-electron chi connectivity index (χ0n) is 15.4. The van der Waals surface area contributed by atoms with Crippen LogP contribution in [0.4, 0.5) is 5.69 Å². The third-order valence-corrected chi connectivity index (χ3v) is 5.59. The van der Waals surface area contributed by atoms with Crippen molar-refractivity contribution in [1.82, 2.24) is 9.88 Å². The van der Waals surface area contributed by atoms with Gasteiger partial charge in [0, 0.05) is 42.0 Å². The Hall–Kier alpha value is -2.01. The number of ether oxygens (including phenoxy) is 2. The maximum absolute atomic E-state index is 5.53. The van der Waals surface area contributed by atoms with Crippen LogP contribution in [0.15, 0.2) is 12.1 Å². The van der Waals surface area contributed by atoms with E-state index in [-0.39, 0.29) is 0 Å². The maximum Gasteiger partial charge on any atom is 0.162 e. The van der Waals surface area contributed by atoms with Gasteiger partial charge in [-0.3, -0.25) is 4.98 Å². The number of aromatic nitrogens is 1. The number of nitrogens with one attached hydrogen (secondary N) is 1. The van der Waals surface area contributed by atoms with Crippen LogP contribution in [0.1, 0.15) is 31.0 Å². The van der Waals surface area contributed by atoms with Crippen LogP contribution >= 0.6 is 0 Å². The molecule has 4 rings (SSSR count). The summed E-state index contributed by atoms with van der Waals surface area (Å²) in [4.78, 5) is 7.42. The molecule has 2 heterocycles. The molecule has 1 aliphatic heterocycles. The second-order valence-electron chi connectivity index (χ2n) is 7.01. The summed E-state index contributed by atoms with van der Waals surface area (Å²) in [6, 6.07) is 4.59. The standard InChI is InChI=1S/C20H27N3O2/c1-4-23-9-8-13(12-23)21-20-14-6-5-7-16(14)22-17-11-19(25-3)18(24-2)10-15(17)20/h10-11,13H,4-9,12H2,1-3H3,(H,21,22)/t13-/m1/s1. The Morgan fingerprint density at radius 2 is 2.00 bits per heavy atom. The SMILES string of the molecule is CCN1CC[C@@H](Nc2c3c(nc4cc(OC)c(OC)cc24)CCC3)C1. The first-order chi connectivity index (χ1) is 12.2. The van der Waals surface area contributed by atoms with E-state index in [0.29, 0.717) is 6.04 Å². The number of nitrogens with zero attached hydrogens (tertiary/aromatic N) is 2. The summed E-state index contributed by atoms with van der Waals surface area (Å²) in [5.41, 5.74) is 4.90. The number of anilines is 1. The fourth-order valence-electron chi connectivity index (χ4n) is 4.20. The first kappa shape index (κ1) is 16.5. The summed E-state index contributed by atoms with van der Waals surface area (Å²) in [6.07, 6.45) is 4.56. The number of hydrogen-bond acceptors (Lipinski definition) is 5. The number of hydrogen-bond donors (Lipinski definition) is 1. The largest absolute Gasteiger partial charge is 0.493 e. The minimum absolute atomic E-state index is 0.503. The van der Waals surface area contributed by atoms with Crippen molar-refractivity contribution in [3.8, 4) is 11.5 Å². The Labute approximate surface area is 149 Å². The Balaban J connectivity index is 1.80. The van der Waals surface area contributed by atoms with E-state index in [2.05, 4.69) is 23.2 Å². The molecule has 2 aromatic rings. The fourth-order valence-corrected chi connectivity index (χ4v) is 4.20. The first-order valence-corrected chi connectivity index (χ1v) is 9.29. The smallest absolute Gasteiger partial charge is 0.162 e. The summed E-state index contributed by atoms with van der Waals surface area (Å²) >= 11 is 0. The van der Waals surface area contributed by atoms with Gasteiger partial charge < -0.3 is 19.7 Å². The topological polar surface area (TPSA) is 46.6 Å². The van der Waals surface area contributed by atoms with Crippen molar-refractivity contribution in [1.29, 1.82) is 0 Å². The van der Waals surface area contributed by atoms with Crippen LogP contribution in [0.2, 0.25) is 0 Å². The molecule has 1 N–H and O–H groups in total. The van der Waals surface area contributed by atoms with E-state index in [0.717, 1.165) is 48.3 Å². The van der Waals surface area contributed by atoms with Crippen LogP contribution in [0.25, 0.3) is 10.9 Å². The van der Waals surface area contributed by atoms with Crippen molar-refractivity contribution in [3.63, 3.8) is 0 Å². The highest BCUT2D eigenvalue weighted by Crippen LogP contribution is 2.40. The Bertz CT molecular complexity index is 790. The summed E-state index contributed by atoms with van der Waals surface area (Å²) < 4.78 is 11.0. The van der Waals surface area contributed by atoms with Gasteiger partial charge >= 0.3 is 0 Å². The van der Waals surface area contributed by atoms with E-state index in [1.165, 1.54) is 36.3 Å². The molecular weight excluding hydrogens is 314 g/mol. The molecule has 0 radical (unpaired) electrons. The summed E-state index contributed by atoms with van der Waals surface area (Å²) in [5, 5.41) is 5.01. The lowest BCUT2D eigenvalue weighted by atomic mass is 10.0. The summed E-state index contributed by atoms with van der Waals surface area (Å²) in [6.45, 7) is 5.65. The quantitative estimate of drug-likeness (QED) is 0.904. The van der Waals surface area contributed by atoms with Crippen molar-refractivity contribution in [2.75, 3.05) is 39.2 Å². The van der Waals surface area contributed by atoms with Crippen LogP contribution in [0.5, 0.6) is 11.5 Å². The van der Waals surface area contributed by atoms with E-state index < -0.39 is 0 Å². The average molecular weight is 341 g/mol. The van der Waals surface area contributed by atoms with Gasteiger partial charge in [-0.1, -0.05) is 6.92 Å². The molecular formula is C20H27N3O2. The van der Waals surface area contributed by atoms with E-state index >= 15 is 0 Å². The number of aryl methyl sites for hydroxylation is 1. The van der Waals surface area contributed by atoms with Crippen LogP contribution in [0.3, 0.4) is 0 Å². The van der Waals surface area contributed by atoms with Crippen molar-refractivity contribution in [2.45, 2.75) is 38.6 Å². The second-order valence-corrected chi connectivity index (χ2v) is 7.01. The lowest BCUT2D eigenvalue weighted by molar-refractivity contribution is 0.355. The molecule has 1 fully saturated rings. The normalized spacial score (nSPS) is 20.0. The maximum atomic E-state index is 5.53. The molecule has 0 spiro atoms. The Morgan fingerprint density at radius 3 is 2.72 bits per heavy atom. The average Bonchev–Trinajstić information content (AvgIpc) is 3.29. The van der Waals surface area contributed by atoms with Gasteiger partial charge in [0.15, 0.2) is 11.5 Å². The number of fused-ring (bicyclic) bond motifs is 2. The van der Waals surface area contributed by atoms with Gasteiger partial charge in [0.1, 0.15) is 0 Å².